The Morgan fingerprint density at radius 2 is 2.00 bits per heavy atom. The lowest BCUT2D eigenvalue weighted by molar-refractivity contribution is 0.535. The van der Waals surface area contributed by atoms with E-state index >= 15 is 0 Å². The fourth-order valence-corrected chi connectivity index (χ4v) is 2.75. The van der Waals surface area contributed by atoms with E-state index < -0.39 is 9.04 Å². The van der Waals surface area contributed by atoms with Gasteiger partial charge in [0.25, 0.3) is 9.04 Å². The highest BCUT2D eigenvalue weighted by atomic mass is 28.3. The normalized spacial score (nSPS) is 15.9. The average molecular weight is 261 g/mol. The predicted octanol–water partition coefficient (Wildman–Crippen LogP) is 3.38. The third-order valence-electron chi connectivity index (χ3n) is 3.00. The fraction of sp³-hybridized carbons (Fsp3) is 0.500. The molecular weight excluding hydrogens is 240 g/mol. The molecule has 97 valence electrons. The van der Waals surface area contributed by atoms with Gasteiger partial charge in [-0.3, -0.25) is 0 Å². The summed E-state index contributed by atoms with van der Waals surface area (Å²) in [5.74, 6) is 0.951. The van der Waals surface area contributed by atoms with E-state index in [1.165, 1.54) is 12.8 Å². The van der Waals surface area contributed by atoms with Crippen molar-refractivity contribution >= 4 is 21.1 Å². The van der Waals surface area contributed by atoms with Crippen LogP contribution in [-0.4, -0.2) is 33.4 Å². The molecule has 0 N–H and O–H groups in total. The van der Waals surface area contributed by atoms with Crippen LogP contribution in [0.25, 0.3) is 0 Å². The second-order valence-corrected chi connectivity index (χ2v) is 6.94. The first-order valence-corrected chi connectivity index (χ1v) is 8.93. The van der Waals surface area contributed by atoms with Crippen molar-refractivity contribution in [3.63, 3.8) is 0 Å². The zero-order valence-electron chi connectivity index (χ0n) is 11.4. The Balaban J connectivity index is 2.17. The molecule has 1 aliphatic heterocycles. The molecule has 1 aromatic carbocycles. The van der Waals surface area contributed by atoms with Gasteiger partial charge in [0.2, 0.25) is 0 Å². The van der Waals surface area contributed by atoms with Crippen molar-refractivity contribution in [3.8, 4) is 5.75 Å². The first kappa shape index (κ1) is 13.1. The molecule has 0 bridgehead atoms. The van der Waals surface area contributed by atoms with Crippen molar-refractivity contribution in [3.05, 3.63) is 23.8 Å². The number of nitrogens with zero attached hydrogens (tertiary/aromatic N) is 2. The number of para-hydroxylation sites is 1. The van der Waals surface area contributed by atoms with Gasteiger partial charge in [-0.2, -0.15) is 0 Å². The van der Waals surface area contributed by atoms with E-state index in [4.69, 9.17) is 4.43 Å². The van der Waals surface area contributed by atoms with Crippen LogP contribution in [0.2, 0.25) is 13.1 Å². The maximum Gasteiger partial charge on any atom is 0.274 e. The molecule has 1 aliphatic rings. The molecule has 1 heterocycles. The van der Waals surface area contributed by atoms with Crippen LogP contribution in [0.4, 0.5) is 5.69 Å². The lowest BCUT2D eigenvalue weighted by Crippen LogP contribution is -2.16. The number of aliphatic imine (C=N–C) groups is 1. The quantitative estimate of drug-likeness (QED) is 0.471. The van der Waals surface area contributed by atoms with Crippen LogP contribution in [0, 0.1) is 6.92 Å². The Morgan fingerprint density at radius 3 is 2.67 bits per heavy atom. The molecular formula is C14H21N2OSi. The predicted molar refractivity (Wildman–Crippen MR) is 78.2 cm³/mol. The molecule has 1 saturated heterocycles. The molecule has 1 fully saturated rings. The van der Waals surface area contributed by atoms with Crippen LogP contribution in [0.15, 0.2) is 23.2 Å². The first-order chi connectivity index (χ1) is 8.66. The number of benzene rings is 1. The van der Waals surface area contributed by atoms with Crippen molar-refractivity contribution in [2.75, 3.05) is 13.1 Å². The Morgan fingerprint density at radius 1 is 1.28 bits per heavy atom. The highest BCUT2D eigenvalue weighted by Gasteiger charge is 2.10. The number of rotatable bonds is 4. The van der Waals surface area contributed by atoms with Crippen LogP contribution in [0.5, 0.6) is 5.75 Å². The van der Waals surface area contributed by atoms with Gasteiger partial charge >= 0.3 is 0 Å². The molecule has 1 radical (unpaired) electrons. The topological polar surface area (TPSA) is 24.8 Å². The van der Waals surface area contributed by atoms with Gasteiger partial charge in [0, 0.05) is 13.1 Å². The van der Waals surface area contributed by atoms with E-state index in [0.717, 1.165) is 30.1 Å². The van der Waals surface area contributed by atoms with E-state index in [0.29, 0.717) is 0 Å². The molecule has 4 heteroatoms. The van der Waals surface area contributed by atoms with Gasteiger partial charge in [-0.05, 0) is 44.5 Å². The lowest BCUT2D eigenvalue weighted by atomic mass is 10.2. The summed E-state index contributed by atoms with van der Waals surface area (Å²) >= 11 is 0. The molecule has 0 aliphatic carbocycles. The maximum atomic E-state index is 5.96. The maximum absolute atomic E-state index is 5.96. The Kier molecular flexibility index (Phi) is 4.41. The number of likely N-dealkylation sites (tertiary alicyclic amines) is 1. The summed E-state index contributed by atoms with van der Waals surface area (Å²) in [4.78, 5) is 6.87. The van der Waals surface area contributed by atoms with Crippen molar-refractivity contribution in [1.82, 2.24) is 4.90 Å². The summed E-state index contributed by atoms with van der Waals surface area (Å²) in [5, 5.41) is 0. The van der Waals surface area contributed by atoms with Gasteiger partial charge < -0.3 is 9.33 Å². The zero-order valence-corrected chi connectivity index (χ0v) is 12.4. The monoisotopic (exact) mass is 261 g/mol. The molecule has 0 spiro atoms. The second kappa shape index (κ2) is 6.04. The van der Waals surface area contributed by atoms with Crippen LogP contribution in [0.1, 0.15) is 18.4 Å². The first-order valence-electron chi connectivity index (χ1n) is 6.52. The van der Waals surface area contributed by atoms with Gasteiger partial charge in [-0.15, -0.1) is 0 Å². The van der Waals surface area contributed by atoms with Crippen LogP contribution in [0.3, 0.4) is 0 Å². The van der Waals surface area contributed by atoms with Gasteiger partial charge in [-0.25, -0.2) is 4.99 Å². The van der Waals surface area contributed by atoms with Gasteiger partial charge in [-0.1, -0.05) is 12.1 Å². The summed E-state index contributed by atoms with van der Waals surface area (Å²) in [6.07, 6.45) is 4.52. The van der Waals surface area contributed by atoms with Crippen molar-refractivity contribution in [2.45, 2.75) is 32.9 Å². The van der Waals surface area contributed by atoms with E-state index in [1.807, 2.05) is 18.5 Å². The summed E-state index contributed by atoms with van der Waals surface area (Å²) in [7, 11) is -0.755. The van der Waals surface area contributed by atoms with Gasteiger partial charge in [0.15, 0.2) is 0 Å². The summed E-state index contributed by atoms with van der Waals surface area (Å²) in [6, 6.07) is 6.14. The Bertz CT molecular complexity index is 426. The summed E-state index contributed by atoms with van der Waals surface area (Å²) in [5.41, 5.74) is 2.12. The smallest absolute Gasteiger partial charge is 0.274 e. The molecule has 0 aromatic heterocycles. The third kappa shape index (κ3) is 3.35. The Labute approximate surface area is 111 Å². The van der Waals surface area contributed by atoms with Gasteiger partial charge in [0.05, 0.1) is 6.34 Å². The fourth-order valence-electron chi connectivity index (χ4n) is 2.08. The van der Waals surface area contributed by atoms with Crippen molar-refractivity contribution in [2.24, 2.45) is 4.99 Å². The minimum Gasteiger partial charge on any atom is -0.541 e. The van der Waals surface area contributed by atoms with E-state index in [9.17, 15) is 0 Å². The van der Waals surface area contributed by atoms with Crippen molar-refractivity contribution < 1.29 is 4.43 Å². The number of hydrogen-bond donors (Lipinski definition) is 0. The van der Waals surface area contributed by atoms with Crippen LogP contribution >= 0.6 is 0 Å². The highest BCUT2D eigenvalue weighted by molar-refractivity contribution is 6.49. The van der Waals surface area contributed by atoms with Crippen LogP contribution in [-0.2, 0) is 0 Å². The molecule has 2 rings (SSSR count). The van der Waals surface area contributed by atoms with Crippen LogP contribution < -0.4 is 4.43 Å². The summed E-state index contributed by atoms with van der Waals surface area (Å²) < 4.78 is 5.96. The Hall–Kier alpha value is -1.29. The molecule has 0 atom stereocenters. The van der Waals surface area contributed by atoms with E-state index in [2.05, 4.69) is 36.0 Å². The minimum atomic E-state index is -0.755. The van der Waals surface area contributed by atoms with Gasteiger partial charge in [0.1, 0.15) is 11.4 Å². The third-order valence-corrected chi connectivity index (χ3v) is 3.61. The SMILES string of the molecule is Cc1cccc(N=CN2CCCC2)c1O[Si](C)C. The summed E-state index contributed by atoms with van der Waals surface area (Å²) in [6.45, 7) is 8.62. The van der Waals surface area contributed by atoms with E-state index in [1.54, 1.807) is 0 Å². The molecule has 18 heavy (non-hydrogen) atoms. The largest absolute Gasteiger partial charge is 0.541 e. The minimum absolute atomic E-state index is 0.755. The highest BCUT2D eigenvalue weighted by Crippen LogP contribution is 2.31. The lowest BCUT2D eigenvalue weighted by Gasteiger charge is -2.15. The molecule has 1 aromatic rings. The average Bonchev–Trinajstić information content (AvgIpc) is 2.82. The van der Waals surface area contributed by atoms with E-state index in [-0.39, 0.29) is 0 Å². The second-order valence-electron chi connectivity index (χ2n) is 4.92. The number of hydrogen-bond acceptors (Lipinski definition) is 2. The number of aryl methyl sites for hydroxylation is 1. The standard InChI is InChI=1S/C14H21N2OSi/c1-12-7-6-8-13(14(12)17-18(2)3)15-11-16-9-4-5-10-16/h6-8,11H,4-5,9-10H2,1-3H3. The van der Waals surface area contributed by atoms with Crippen molar-refractivity contribution in [1.29, 1.82) is 0 Å². The molecule has 0 saturated carbocycles. The molecule has 0 amide bonds. The molecule has 3 nitrogen and oxygen atoms in total. The zero-order chi connectivity index (χ0) is 13.0. The molecule has 0 unspecified atom stereocenters.